The maximum absolute atomic E-state index is 14.3. The summed E-state index contributed by atoms with van der Waals surface area (Å²) in [6.45, 7) is 1.41. The van der Waals surface area contributed by atoms with Crippen LogP contribution in [-0.4, -0.2) is 114 Å². The van der Waals surface area contributed by atoms with E-state index < -0.39 is 120 Å². The Hall–Kier alpha value is -3.69. The number of ketones is 1. The number of aliphatic hydroxyl groups excluding tert-OH is 4. The van der Waals surface area contributed by atoms with Gasteiger partial charge in [0.1, 0.15) is 36.6 Å². The van der Waals surface area contributed by atoms with Crippen LogP contribution in [0.3, 0.4) is 0 Å². The Labute approximate surface area is 429 Å². The molecule has 0 spiro atoms. The van der Waals surface area contributed by atoms with E-state index in [1.807, 2.05) is 6.92 Å². The van der Waals surface area contributed by atoms with Gasteiger partial charge >= 0.3 is 33.3 Å². The lowest BCUT2D eigenvalue weighted by Crippen LogP contribution is -2.51. The molecule has 0 amide bonds. The molecule has 0 aliphatic carbocycles. The highest BCUT2D eigenvalue weighted by molar-refractivity contribution is 7.61. The molecule has 2 aliphatic rings. The van der Waals surface area contributed by atoms with Crippen LogP contribution in [0.15, 0.2) is 65.7 Å². The number of hydrogen-bond donors (Lipinski definition) is 7. The summed E-state index contributed by atoms with van der Waals surface area (Å²) in [5.74, 6) is -5.16. The summed E-state index contributed by atoms with van der Waals surface area (Å²) in [6, 6.07) is 1.21. The molecule has 21 nitrogen and oxygen atoms in total. The number of phosphoric ester groups is 2. The molecule has 1 fully saturated rings. The van der Waals surface area contributed by atoms with Crippen molar-refractivity contribution in [1.29, 1.82) is 0 Å². The summed E-state index contributed by atoms with van der Waals surface area (Å²) in [4.78, 5) is 78.2. The van der Waals surface area contributed by atoms with Crippen molar-refractivity contribution in [1.82, 2.24) is 9.55 Å². The second-order valence-corrected chi connectivity index (χ2v) is 21.5. The number of ether oxygens (including phenoxy) is 3. The van der Waals surface area contributed by atoms with Gasteiger partial charge in [-0.05, 0) is 63.9 Å². The minimum Gasteiger partial charge on any atom is -0.462 e. The van der Waals surface area contributed by atoms with E-state index in [1.54, 1.807) is 12.2 Å². The van der Waals surface area contributed by atoms with Crippen LogP contribution >= 0.6 is 15.6 Å². The number of nitrogens with zero attached hydrogens (tertiary/aromatic N) is 2. The van der Waals surface area contributed by atoms with E-state index in [1.165, 1.54) is 43.9 Å². The predicted octanol–water partition coefficient (Wildman–Crippen LogP) is 7.14. The first-order valence-electron chi connectivity index (χ1n) is 25.8. The van der Waals surface area contributed by atoms with Gasteiger partial charge in [0.25, 0.3) is 0 Å². The van der Waals surface area contributed by atoms with Crippen molar-refractivity contribution < 1.29 is 81.3 Å². The summed E-state index contributed by atoms with van der Waals surface area (Å²) in [7, 11) is -11.3. The lowest BCUT2D eigenvalue weighted by Gasteiger charge is -2.38. The number of Topliss-reactive ketones (excluding diaryl/α,β-unsaturated/α-hetero) is 1. The zero-order valence-electron chi connectivity index (χ0n) is 42.4. The minimum absolute atomic E-state index is 0.0564. The van der Waals surface area contributed by atoms with Crippen molar-refractivity contribution in [3.63, 3.8) is 0 Å². The Morgan fingerprint density at radius 2 is 1.53 bits per heavy atom. The first-order valence-corrected chi connectivity index (χ1v) is 28.8. The lowest BCUT2D eigenvalue weighted by molar-refractivity contribution is -0.183. The average molecular weight is 1070 g/mol. The van der Waals surface area contributed by atoms with Gasteiger partial charge in [0.15, 0.2) is 6.10 Å². The highest BCUT2D eigenvalue weighted by Crippen LogP contribution is 2.60. The van der Waals surface area contributed by atoms with Crippen LogP contribution in [0.4, 0.5) is 5.82 Å². The number of aromatic nitrogens is 2. The van der Waals surface area contributed by atoms with Crippen molar-refractivity contribution >= 4 is 39.2 Å². The fourth-order valence-corrected chi connectivity index (χ4v) is 10.2. The predicted molar refractivity (Wildman–Crippen MR) is 271 cm³/mol. The zero-order chi connectivity index (χ0) is 53.7. The molecule has 1 aromatic rings. The summed E-state index contributed by atoms with van der Waals surface area (Å²) in [6.07, 6.45) is 16.7. The summed E-state index contributed by atoms with van der Waals surface area (Å²) >= 11 is 0. The van der Waals surface area contributed by atoms with Gasteiger partial charge in [0, 0.05) is 31.4 Å². The molecule has 3 heterocycles. The number of fused-ring (bicyclic) bond motifs is 3. The number of phosphoric acid groups is 2. The van der Waals surface area contributed by atoms with E-state index in [-0.39, 0.29) is 37.9 Å². The molecule has 1 saturated heterocycles. The number of hydrogen-bond acceptors (Lipinski definition) is 18. The maximum atomic E-state index is 14.3. The highest BCUT2D eigenvalue weighted by atomic mass is 31.3. The van der Waals surface area contributed by atoms with Crippen LogP contribution in [-0.2, 0) is 51.1 Å². The van der Waals surface area contributed by atoms with E-state index in [9.17, 15) is 58.5 Å². The number of carbonyl (C=O) groups excluding carboxylic acids is 3. The third kappa shape index (κ3) is 25.6. The van der Waals surface area contributed by atoms with Crippen LogP contribution in [0.5, 0.6) is 0 Å². The summed E-state index contributed by atoms with van der Waals surface area (Å²) in [5.41, 5.74) is 4.71. The first kappa shape index (κ1) is 63.6. The highest BCUT2D eigenvalue weighted by Gasteiger charge is 2.45. The minimum atomic E-state index is -5.72. The third-order valence-electron chi connectivity index (χ3n) is 12.3. The normalized spacial score (nSPS) is 29.2. The molecule has 414 valence electrons. The van der Waals surface area contributed by atoms with Gasteiger partial charge in [0.2, 0.25) is 0 Å². The molecule has 3 rings (SSSR count). The number of aliphatic hydroxyl groups is 4. The Morgan fingerprint density at radius 1 is 0.890 bits per heavy atom. The molecular weight excluding hydrogens is 993 g/mol. The largest absolute Gasteiger partial charge is 0.481 e. The summed E-state index contributed by atoms with van der Waals surface area (Å²) in [5, 5.41) is 45.4. The van der Waals surface area contributed by atoms with Crippen molar-refractivity contribution in [3.8, 4) is 0 Å². The fourth-order valence-electron chi connectivity index (χ4n) is 8.11. The maximum Gasteiger partial charge on any atom is 0.481 e. The summed E-state index contributed by atoms with van der Waals surface area (Å²) < 4.78 is 58.7. The molecular formula is C50H81N3O18P2. The van der Waals surface area contributed by atoms with Crippen molar-refractivity contribution in [2.75, 3.05) is 25.6 Å². The molecule has 2 unspecified atom stereocenters. The number of unbranched alkanes of at least 4 members (excludes halogenated alkanes) is 11. The lowest BCUT2D eigenvalue weighted by atomic mass is 9.83. The molecule has 0 saturated carbocycles. The molecule has 11 atom stereocenters. The van der Waals surface area contributed by atoms with Gasteiger partial charge in [-0.3, -0.25) is 28.0 Å². The molecule has 23 heteroatoms. The van der Waals surface area contributed by atoms with E-state index in [0.717, 1.165) is 62.1 Å². The molecule has 8 N–H and O–H groups in total. The van der Waals surface area contributed by atoms with Gasteiger partial charge in [-0.15, -0.1) is 0 Å². The van der Waals surface area contributed by atoms with Crippen LogP contribution in [0, 0.1) is 11.8 Å². The molecule has 73 heavy (non-hydrogen) atoms. The van der Waals surface area contributed by atoms with Gasteiger partial charge in [-0.1, -0.05) is 120 Å². The number of anilines is 1. The quantitative estimate of drug-likeness (QED) is 0.0188. The van der Waals surface area contributed by atoms with E-state index in [0.29, 0.717) is 19.3 Å². The number of carbonyl (C=O) groups is 3. The number of esters is 2. The van der Waals surface area contributed by atoms with Crippen molar-refractivity contribution in [3.05, 3.63) is 71.4 Å². The van der Waals surface area contributed by atoms with Gasteiger partial charge in [-0.2, -0.15) is 9.29 Å². The average Bonchev–Trinajstić information content (AvgIpc) is 3.33. The standard InChI is InChI=1S/C50H81N3O18P2/c1-3-5-7-8-9-10-11-12-13-14-15-16-17-18-23-27-45(57)66-34-38-35-67-72(62,63)71-73(64,65)68-36-43-48(60)47(59)39(30-29-37(54)25-21-6-4-2)41(55)33-42(56)40(26-22-19-20-24-28-46(58)69-38)49(70-43)53-32-31-44(51)52-50(53)61/h10-13,19,22,29-32,37-41,43,47-49,54-55,59-60H,3-9,14-18,20-21,23-28,33-36H2,1-2H3,(H,62,63)(H,64,65)(H2,51,52,61)/b11-10-,13-12-,22-19?,30-29+/t37-,38+,39-,40-,41+,43+,47-,48+,49+/m0/s1. The van der Waals surface area contributed by atoms with E-state index >= 15 is 0 Å². The number of nitrogen functional groups attached to an aromatic ring is 1. The van der Waals surface area contributed by atoms with Gasteiger partial charge < -0.3 is 50.2 Å². The monoisotopic (exact) mass is 1070 g/mol. The number of allylic oxidation sites excluding steroid dienone is 6. The second kappa shape index (κ2) is 34.8. The van der Waals surface area contributed by atoms with Crippen LogP contribution in [0.2, 0.25) is 0 Å². The Morgan fingerprint density at radius 3 is 2.22 bits per heavy atom. The fraction of sp³-hybridized carbons (Fsp3) is 0.700. The van der Waals surface area contributed by atoms with Gasteiger partial charge in [-0.25, -0.2) is 13.9 Å². The second-order valence-electron chi connectivity index (χ2n) is 18.5. The smallest absolute Gasteiger partial charge is 0.462 e. The van der Waals surface area contributed by atoms with Crippen LogP contribution < -0.4 is 11.4 Å². The van der Waals surface area contributed by atoms with Crippen molar-refractivity contribution in [2.24, 2.45) is 11.8 Å². The number of nitrogens with two attached hydrogens (primary N) is 1. The Kier molecular flexibility index (Phi) is 30.3. The zero-order valence-corrected chi connectivity index (χ0v) is 44.2. The topological polar surface area (TPSA) is 323 Å². The van der Waals surface area contributed by atoms with E-state index in [2.05, 4.69) is 40.5 Å². The molecule has 2 bridgehead atoms. The molecule has 0 radical (unpaired) electrons. The van der Waals surface area contributed by atoms with Crippen molar-refractivity contribution in [2.45, 2.75) is 192 Å². The van der Waals surface area contributed by atoms with Crippen LogP contribution in [0.25, 0.3) is 0 Å². The third-order valence-corrected chi connectivity index (χ3v) is 14.9. The SMILES string of the molecule is CCCCCC/C=C\C=C/CCCCCCCC(=O)OC[C@@H]1COP(=O)(O)OP(=O)(O)OC[C@H]2O[C@@H](n3ccc(N)nc3=O)[C@@H](CC=CCCCC(=O)O1)C(=O)C[C@@H](O)[C@H](/C=C/[C@@H](O)CCCCC)[C@H](O)[C@@H]2O. The molecule has 2 aliphatic heterocycles. The molecule has 1 aromatic heterocycles. The Balaban J connectivity index is 1.79. The first-order chi connectivity index (χ1) is 34.9. The van der Waals surface area contributed by atoms with E-state index in [4.69, 9.17) is 29.0 Å². The molecule has 0 aromatic carbocycles. The Bertz CT molecular complexity index is 2080. The number of cyclic esters (lactones) is 1. The van der Waals surface area contributed by atoms with Gasteiger partial charge in [0.05, 0.1) is 37.4 Å². The van der Waals surface area contributed by atoms with Crippen LogP contribution in [0.1, 0.15) is 155 Å². The number of rotatable bonds is 23.